The molecule has 0 aliphatic rings. The fourth-order valence-corrected chi connectivity index (χ4v) is 2.55. The van der Waals surface area contributed by atoms with E-state index in [1.54, 1.807) is 41.2 Å². The van der Waals surface area contributed by atoms with Crippen LogP contribution in [0.3, 0.4) is 0 Å². The Morgan fingerprint density at radius 3 is 2.76 bits per heavy atom. The topological polar surface area (TPSA) is 49.9 Å². The van der Waals surface area contributed by atoms with E-state index in [-0.39, 0.29) is 25.0 Å². The number of carbonyl (C=O) groups is 2. The summed E-state index contributed by atoms with van der Waals surface area (Å²) in [7, 11) is 1.76. The van der Waals surface area contributed by atoms with E-state index in [1.807, 2.05) is 17.5 Å². The molecule has 5 nitrogen and oxygen atoms in total. The van der Waals surface area contributed by atoms with Crippen molar-refractivity contribution >= 4 is 23.2 Å². The van der Waals surface area contributed by atoms with Crippen molar-refractivity contribution in [3.63, 3.8) is 0 Å². The van der Waals surface area contributed by atoms with E-state index in [0.29, 0.717) is 19.7 Å². The first kappa shape index (κ1) is 17.4. The Morgan fingerprint density at radius 2 is 2.19 bits per heavy atom. The number of esters is 1. The molecule has 1 heterocycles. The summed E-state index contributed by atoms with van der Waals surface area (Å²) in [6.07, 6.45) is 1.67. The van der Waals surface area contributed by atoms with E-state index in [4.69, 9.17) is 4.74 Å². The number of amides is 1. The van der Waals surface area contributed by atoms with Gasteiger partial charge in [-0.25, -0.2) is 0 Å². The second kappa shape index (κ2) is 9.31. The van der Waals surface area contributed by atoms with E-state index >= 15 is 0 Å². The fourth-order valence-electron chi connectivity index (χ4n) is 1.79. The molecule has 116 valence electrons. The third-order valence-electron chi connectivity index (χ3n) is 2.80. The quantitative estimate of drug-likeness (QED) is 0.515. The summed E-state index contributed by atoms with van der Waals surface area (Å²) in [5.41, 5.74) is 0. The summed E-state index contributed by atoms with van der Waals surface area (Å²) in [5, 5.41) is 1.98. The van der Waals surface area contributed by atoms with Crippen molar-refractivity contribution in [2.24, 2.45) is 0 Å². The number of ether oxygens (including phenoxy) is 1. The van der Waals surface area contributed by atoms with Gasteiger partial charge in [0.25, 0.3) is 0 Å². The van der Waals surface area contributed by atoms with Crippen LogP contribution >= 0.6 is 11.3 Å². The molecule has 0 saturated heterocycles. The van der Waals surface area contributed by atoms with Crippen LogP contribution in [-0.2, 0) is 20.9 Å². The first-order chi connectivity index (χ1) is 10.1. The van der Waals surface area contributed by atoms with Crippen LogP contribution in [0.5, 0.6) is 0 Å². The first-order valence-electron chi connectivity index (χ1n) is 6.82. The lowest BCUT2D eigenvalue weighted by Crippen LogP contribution is -2.40. The summed E-state index contributed by atoms with van der Waals surface area (Å²) in [6.45, 7) is 7.07. The van der Waals surface area contributed by atoms with Gasteiger partial charge in [0.1, 0.15) is 0 Å². The molecule has 0 saturated carbocycles. The molecular weight excluding hydrogens is 288 g/mol. The van der Waals surface area contributed by atoms with Crippen molar-refractivity contribution in [2.45, 2.75) is 13.5 Å². The molecule has 6 heteroatoms. The highest BCUT2D eigenvalue weighted by atomic mass is 32.1. The third-order valence-corrected chi connectivity index (χ3v) is 3.66. The summed E-state index contributed by atoms with van der Waals surface area (Å²) in [4.78, 5) is 28.2. The second-order valence-electron chi connectivity index (χ2n) is 4.59. The summed E-state index contributed by atoms with van der Waals surface area (Å²) >= 11 is 1.62. The van der Waals surface area contributed by atoms with Gasteiger partial charge in [-0.2, -0.15) is 0 Å². The lowest BCUT2D eigenvalue weighted by Gasteiger charge is -2.23. The Morgan fingerprint density at radius 1 is 1.43 bits per heavy atom. The van der Waals surface area contributed by atoms with Gasteiger partial charge in [-0.3, -0.25) is 14.5 Å². The Labute approximate surface area is 129 Å². The van der Waals surface area contributed by atoms with E-state index < -0.39 is 0 Å². The predicted octanol–water partition coefficient (Wildman–Crippen LogP) is 1.76. The molecule has 0 unspecified atom stereocenters. The third kappa shape index (κ3) is 6.55. The number of hydrogen-bond acceptors (Lipinski definition) is 5. The van der Waals surface area contributed by atoms with Gasteiger partial charge in [-0.05, 0) is 18.4 Å². The molecule has 0 N–H and O–H groups in total. The van der Waals surface area contributed by atoms with Crippen molar-refractivity contribution in [1.29, 1.82) is 0 Å². The molecule has 0 aliphatic heterocycles. The summed E-state index contributed by atoms with van der Waals surface area (Å²) in [6, 6.07) is 3.96. The first-order valence-corrected chi connectivity index (χ1v) is 7.70. The maximum Gasteiger partial charge on any atom is 0.320 e. The number of rotatable bonds is 9. The van der Waals surface area contributed by atoms with Gasteiger partial charge in [-0.15, -0.1) is 17.9 Å². The smallest absolute Gasteiger partial charge is 0.320 e. The van der Waals surface area contributed by atoms with Gasteiger partial charge in [0.15, 0.2) is 0 Å². The number of likely N-dealkylation sites (N-methyl/N-ethyl adjacent to an activating group) is 1. The SMILES string of the molecule is C=CCN(CC(=O)OCC)CC(=O)N(C)Cc1cccs1. The van der Waals surface area contributed by atoms with Crippen LogP contribution in [0.2, 0.25) is 0 Å². The van der Waals surface area contributed by atoms with Gasteiger partial charge >= 0.3 is 5.97 Å². The van der Waals surface area contributed by atoms with Crippen LogP contribution in [0, 0.1) is 0 Å². The normalized spacial score (nSPS) is 10.4. The zero-order valence-electron chi connectivity index (χ0n) is 12.6. The Kier molecular flexibility index (Phi) is 7.71. The van der Waals surface area contributed by atoms with E-state index in [1.165, 1.54) is 0 Å². The van der Waals surface area contributed by atoms with Crippen LogP contribution < -0.4 is 0 Å². The molecule has 21 heavy (non-hydrogen) atoms. The largest absolute Gasteiger partial charge is 0.465 e. The van der Waals surface area contributed by atoms with Crippen molar-refractivity contribution in [3.8, 4) is 0 Å². The zero-order valence-corrected chi connectivity index (χ0v) is 13.4. The minimum atomic E-state index is -0.326. The molecule has 0 bridgehead atoms. The molecule has 0 aliphatic carbocycles. The lowest BCUT2D eigenvalue weighted by atomic mass is 10.3. The van der Waals surface area contributed by atoms with Crippen molar-refractivity contribution in [3.05, 3.63) is 35.0 Å². The van der Waals surface area contributed by atoms with E-state index in [9.17, 15) is 9.59 Å². The van der Waals surface area contributed by atoms with Crippen LogP contribution in [-0.4, -0.2) is 55.0 Å². The average Bonchev–Trinajstić information content (AvgIpc) is 2.91. The fraction of sp³-hybridized carbons (Fsp3) is 0.467. The monoisotopic (exact) mass is 310 g/mol. The molecular formula is C15H22N2O3S. The van der Waals surface area contributed by atoms with Crippen LogP contribution in [0.15, 0.2) is 30.2 Å². The van der Waals surface area contributed by atoms with Crippen LogP contribution in [0.1, 0.15) is 11.8 Å². The average molecular weight is 310 g/mol. The minimum Gasteiger partial charge on any atom is -0.465 e. The summed E-state index contributed by atoms with van der Waals surface area (Å²) < 4.78 is 4.91. The highest BCUT2D eigenvalue weighted by Crippen LogP contribution is 2.11. The summed E-state index contributed by atoms with van der Waals surface area (Å²) in [5.74, 6) is -0.359. The van der Waals surface area contributed by atoms with Crippen molar-refractivity contribution < 1.29 is 14.3 Å². The predicted molar refractivity (Wildman–Crippen MR) is 84.1 cm³/mol. The maximum atomic E-state index is 12.2. The standard InChI is InChI=1S/C15H22N2O3S/c1-4-8-17(12-15(19)20-5-2)11-14(18)16(3)10-13-7-6-9-21-13/h4,6-7,9H,1,5,8,10-12H2,2-3H3. The highest BCUT2D eigenvalue weighted by molar-refractivity contribution is 7.09. The Bertz CT molecular complexity index is 459. The molecule has 0 aromatic carbocycles. The number of carbonyl (C=O) groups excluding carboxylic acids is 2. The molecule has 1 aromatic rings. The Balaban J connectivity index is 2.50. The van der Waals surface area contributed by atoms with E-state index in [0.717, 1.165) is 4.88 Å². The van der Waals surface area contributed by atoms with Gasteiger partial charge in [0.2, 0.25) is 5.91 Å². The van der Waals surface area contributed by atoms with Crippen molar-refractivity contribution in [2.75, 3.05) is 33.3 Å². The van der Waals surface area contributed by atoms with Gasteiger partial charge in [0.05, 0.1) is 26.2 Å². The van der Waals surface area contributed by atoms with Crippen LogP contribution in [0.4, 0.5) is 0 Å². The molecule has 0 fully saturated rings. The maximum absolute atomic E-state index is 12.2. The number of thiophene rings is 1. The van der Waals surface area contributed by atoms with Gasteiger partial charge in [-0.1, -0.05) is 12.1 Å². The molecule has 1 amide bonds. The lowest BCUT2D eigenvalue weighted by molar-refractivity contribution is -0.145. The second-order valence-corrected chi connectivity index (χ2v) is 5.62. The number of hydrogen-bond donors (Lipinski definition) is 0. The number of nitrogens with zero attached hydrogens (tertiary/aromatic N) is 2. The molecule has 1 aromatic heterocycles. The van der Waals surface area contributed by atoms with Crippen LogP contribution in [0.25, 0.3) is 0 Å². The molecule has 0 atom stereocenters. The van der Waals surface area contributed by atoms with Gasteiger partial charge < -0.3 is 9.64 Å². The van der Waals surface area contributed by atoms with E-state index in [2.05, 4.69) is 6.58 Å². The van der Waals surface area contributed by atoms with Gasteiger partial charge in [0, 0.05) is 18.5 Å². The highest BCUT2D eigenvalue weighted by Gasteiger charge is 2.17. The minimum absolute atomic E-state index is 0.0328. The Hall–Kier alpha value is -1.66. The molecule has 0 radical (unpaired) electrons. The molecule has 0 spiro atoms. The zero-order chi connectivity index (χ0) is 15.7. The molecule has 1 rings (SSSR count). The van der Waals surface area contributed by atoms with Crippen molar-refractivity contribution in [1.82, 2.24) is 9.80 Å².